The first kappa shape index (κ1) is 14.6. The van der Waals surface area contributed by atoms with E-state index in [1.165, 1.54) is 6.20 Å². The summed E-state index contributed by atoms with van der Waals surface area (Å²) in [5, 5.41) is 2.68. The Morgan fingerprint density at radius 1 is 1.57 bits per heavy atom. The highest BCUT2D eigenvalue weighted by Gasteiger charge is 2.17. The van der Waals surface area contributed by atoms with E-state index >= 15 is 0 Å². The molecule has 0 fully saturated rings. The van der Waals surface area contributed by atoms with Gasteiger partial charge < -0.3 is 14.8 Å². The number of ether oxygens (including phenoxy) is 2. The number of halogens is 1. The summed E-state index contributed by atoms with van der Waals surface area (Å²) in [4.78, 5) is 15.6. The molecule has 1 rings (SSSR count). The Kier molecular flexibility index (Phi) is 5.73. The molecule has 0 saturated heterocycles. The summed E-state index contributed by atoms with van der Waals surface area (Å²) in [6.07, 6.45) is 1.53. The van der Waals surface area contributed by atoms with Crippen molar-refractivity contribution >= 4 is 22.0 Å². The predicted molar refractivity (Wildman–Crippen MR) is 85.5 cm³/mol. The Morgan fingerprint density at radius 2 is 2.29 bits per heavy atom. The normalized spacial score (nSPS) is 14.7. The van der Waals surface area contributed by atoms with Crippen LogP contribution in [0.25, 0.3) is 0 Å². The molecular formula is C15H23BrN2O3. The van der Waals surface area contributed by atoms with Gasteiger partial charge in [-0.25, -0.2) is 9.78 Å². The number of hydrogen-bond donors (Lipinski definition) is 1. The van der Waals surface area contributed by atoms with Crippen LogP contribution in [0.3, 0.4) is 0 Å². The molecule has 0 aliphatic carbocycles. The number of rotatable bonds is 6. The minimum absolute atomic E-state index is 0.109. The first-order valence-electron chi connectivity index (χ1n) is 7.77. The maximum Gasteiger partial charge on any atom is 0.407 e. The van der Waals surface area contributed by atoms with Crippen LogP contribution in [0.4, 0.5) is 4.79 Å². The molecule has 6 heteroatoms. The summed E-state index contributed by atoms with van der Waals surface area (Å²) in [6, 6.07) is 3.09. The molecule has 0 unspecified atom stereocenters. The highest BCUT2D eigenvalue weighted by Crippen LogP contribution is 2.15. The van der Waals surface area contributed by atoms with E-state index in [0.717, 1.165) is 4.47 Å². The number of amides is 1. The molecule has 1 atom stereocenters. The van der Waals surface area contributed by atoms with Gasteiger partial charge in [0.05, 0.1) is 9.30 Å². The molecule has 118 valence electrons. The van der Waals surface area contributed by atoms with Crippen molar-refractivity contribution in [3.8, 4) is 5.88 Å². The van der Waals surface area contributed by atoms with Crippen LogP contribution in [0.1, 0.15) is 43.3 Å². The van der Waals surface area contributed by atoms with Crippen molar-refractivity contribution in [1.82, 2.24) is 10.3 Å². The topological polar surface area (TPSA) is 60.5 Å². The Labute approximate surface area is 137 Å². The molecule has 5 nitrogen and oxygen atoms in total. The van der Waals surface area contributed by atoms with Gasteiger partial charge in [-0.15, -0.1) is 0 Å². The second-order valence-corrected chi connectivity index (χ2v) is 6.56. The minimum Gasteiger partial charge on any atom is -0.478 e. The van der Waals surface area contributed by atoms with Crippen LogP contribution in [-0.4, -0.2) is 29.3 Å². The van der Waals surface area contributed by atoms with E-state index in [1.54, 1.807) is 39.8 Å². The average Bonchev–Trinajstić information content (AvgIpc) is 2.33. The third-order valence-electron chi connectivity index (χ3n) is 2.32. The van der Waals surface area contributed by atoms with Gasteiger partial charge in [0, 0.05) is 22.8 Å². The fraction of sp³-hybridized carbons (Fsp3) is 0.600. The molecule has 1 amide bonds. The number of nitrogens with one attached hydrogen (secondary N) is 1. The fourth-order valence-electron chi connectivity index (χ4n) is 1.42. The molecule has 1 aromatic rings. The summed E-state index contributed by atoms with van der Waals surface area (Å²) in [5.74, 6) is 0.206. The molecule has 0 aromatic carbocycles. The lowest BCUT2D eigenvalue weighted by atomic mass is 10.2. The van der Waals surface area contributed by atoms with Crippen molar-refractivity contribution in [2.45, 2.75) is 52.2 Å². The van der Waals surface area contributed by atoms with Gasteiger partial charge in [-0.3, -0.25) is 0 Å². The SMILES string of the molecule is [2H]C([2H])(CC[C@H](C)NC(=O)OC(C)(C)C)Oc1cc(Br)ccn1. The van der Waals surface area contributed by atoms with Crippen molar-refractivity contribution in [2.75, 3.05) is 6.56 Å². The third-order valence-corrected chi connectivity index (χ3v) is 2.81. The van der Waals surface area contributed by atoms with E-state index in [1.807, 2.05) is 0 Å². The summed E-state index contributed by atoms with van der Waals surface area (Å²) < 4.78 is 27.0. The zero-order valence-corrected chi connectivity index (χ0v) is 14.4. The molecule has 1 aromatic heterocycles. The molecule has 0 spiro atoms. The Bertz CT molecular complexity index is 536. The zero-order chi connectivity index (χ0) is 17.7. The van der Waals surface area contributed by atoms with Crippen LogP contribution in [0.2, 0.25) is 0 Å². The number of nitrogens with zero attached hydrogens (tertiary/aromatic N) is 1. The highest BCUT2D eigenvalue weighted by molar-refractivity contribution is 9.10. The Hall–Kier alpha value is -1.30. The summed E-state index contributed by atoms with van der Waals surface area (Å²) in [7, 11) is 0. The number of aromatic nitrogens is 1. The van der Waals surface area contributed by atoms with Crippen molar-refractivity contribution in [1.29, 1.82) is 0 Å². The number of hydrogen-bond acceptors (Lipinski definition) is 4. The van der Waals surface area contributed by atoms with E-state index in [0.29, 0.717) is 6.42 Å². The maximum absolute atomic E-state index is 11.6. The van der Waals surface area contributed by atoms with Gasteiger partial charge in [-0.05, 0) is 46.6 Å². The second-order valence-electron chi connectivity index (χ2n) is 5.64. The van der Waals surface area contributed by atoms with E-state index < -0.39 is 18.3 Å². The fourth-order valence-corrected chi connectivity index (χ4v) is 1.74. The van der Waals surface area contributed by atoms with Gasteiger partial charge in [0.2, 0.25) is 5.88 Å². The second kappa shape index (κ2) is 8.22. The van der Waals surface area contributed by atoms with Gasteiger partial charge in [0.15, 0.2) is 0 Å². The molecule has 0 radical (unpaired) electrons. The molecule has 1 heterocycles. The first-order chi connectivity index (χ1) is 10.5. The summed E-state index contributed by atoms with van der Waals surface area (Å²) in [6.45, 7) is 5.27. The van der Waals surface area contributed by atoms with Crippen LogP contribution in [0.15, 0.2) is 22.8 Å². The standard InChI is InChI=1S/C15H23BrN2O3/c1-11(18-14(19)21-15(2,3)4)6-5-9-20-13-10-12(16)7-8-17-13/h7-8,10-11H,5-6,9H2,1-4H3,(H,18,19)/t11-/m0/s1/i9D2. The van der Waals surface area contributed by atoms with E-state index in [-0.39, 0.29) is 18.3 Å². The van der Waals surface area contributed by atoms with E-state index in [2.05, 4.69) is 26.2 Å². The van der Waals surface area contributed by atoms with Crippen LogP contribution in [0.5, 0.6) is 5.88 Å². The Morgan fingerprint density at radius 3 is 2.90 bits per heavy atom. The van der Waals surface area contributed by atoms with Gasteiger partial charge in [-0.1, -0.05) is 15.9 Å². The molecule has 1 N–H and O–H groups in total. The molecule has 21 heavy (non-hydrogen) atoms. The lowest BCUT2D eigenvalue weighted by molar-refractivity contribution is 0.0504. The van der Waals surface area contributed by atoms with Gasteiger partial charge in [0.25, 0.3) is 0 Å². The lowest BCUT2D eigenvalue weighted by Crippen LogP contribution is -2.37. The molecule has 0 bridgehead atoms. The van der Waals surface area contributed by atoms with Crippen molar-refractivity contribution in [2.24, 2.45) is 0 Å². The van der Waals surface area contributed by atoms with Crippen LogP contribution >= 0.6 is 15.9 Å². The largest absolute Gasteiger partial charge is 0.478 e. The maximum atomic E-state index is 11.6. The van der Waals surface area contributed by atoms with Crippen molar-refractivity contribution in [3.05, 3.63) is 22.8 Å². The Balaban J connectivity index is 2.44. The van der Waals surface area contributed by atoms with Gasteiger partial charge in [-0.2, -0.15) is 0 Å². The quantitative estimate of drug-likeness (QED) is 0.834. The van der Waals surface area contributed by atoms with Gasteiger partial charge in [0.1, 0.15) is 5.60 Å². The predicted octanol–water partition coefficient (Wildman–Crippen LogP) is 3.92. The number of carbonyl (C=O) groups is 1. The highest BCUT2D eigenvalue weighted by atomic mass is 79.9. The van der Waals surface area contributed by atoms with Gasteiger partial charge >= 0.3 is 6.09 Å². The number of carbonyl (C=O) groups excluding carboxylic acids is 1. The summed E-state index contributed by atoms with van der Waals surface area (Å²) >= 11 is 3.28. The monoisotopic (exact) mass is 360 g/mol. The average molecular weight is 361 g/mol. The van der Waals surface area contributed by atoms with Crippen molar-refractivity contribution in [3.63, 3.8) is 0 Å². The number of alkyl carbamates (subject to hydrolysis) is 1. The van der Waals surface area contributed by atoms with E-state index in [4.69, 9.17) is 12.2 Å². The molecular weight excluding hydrogens is 336 g/mol. The minimum atomic E-state index is -1.88. The van der Waals surface area contributed by atoms with Crippen LogP contribution in [-0.2, 0) is 4.74 Å². The van der Waals surface area contributed by atoms with Crippen LogP contribution < -0.4 is 10.1 Å². The molecule has 0 saturated carbocycles. The van der Waals surface area contributed by atoms with Crippen molar-refractivity contribution < 1.29 is 17.0 Å². The van der Waals surface area contributed by atoms with E-state index in [9.17, 15) is 4.79 Å². The van der Waals surface area contributed by atoms with Crippen LogP contribution in [0, 0.1) is 0 Å². The lowest BCUT2D eigenvalue weighted by Gasteiger charge is -2.21. The smallest absolute Gasteiger partial charge is 0.407 e. The third kappa shape index (κ3) is 8.55. The zero-order valence-electron chi connectivity index (χ0n) is 14.8. The summed E-state index contributed by atoms with van der Waals surface area (Å²) in [5.41, 5.74) is -0.562. The first-order valence-corrected chi connectivity index (χ1v) is 7.56. The molecule has 0 aliphatic heterocycles. The number of pyridine rings is 1. The molecule has 0 aliphatic rings.